The van der Waals surface area contributed by atoms with Gasteiger partial charge in [0.25, 0.3) is 5.56 Å². The summed E-state index contributed by atoms with van der Waals surface area (Å²) in [4.78, 5) is 39.0. The fraction of sp³-hybridized carbons (Fsp3) is 0.395. The summed E-state index contributed by atoms with van der Waals surface area (Å²) < 4.78 is 55.4. The number of benzene rings is 3. The molecule has 0 spiro atoms. The number of rotatable bonds is 15. The Kier molecular flexibility index (Phi) is 12.2. The average molecular weight is 726 g/mol. The molecule has 278 valence electrons. The maximum absolute atomic E-state index is 13.1. The van der Waals surface area contributed by atoms with Gasteiger partial charge in [0.15, 0.2) is 0 Å². The van der Waals surface area contributed by atoms with E-state index in [1.807, 2.05) is 59.9 Å². The van der Waals surface area contributed by atoms with Gasteiger partial charge in [0.2, 0.25) is 0 Å². The molecule has 4 aromatic rings. The van der Waals surface area contributed by atoms with E-state index in [0.29, 0.717) is 53.9 Å². The number of amides is 1. The second-order valence-electron chi connectivity index (χ2n) is 12.7. The number of carbonyl (C=O) groups is 1. The Labute approximate surface area is 298 Å². The predicted molar refractivity (Wildman–Crippen MR) is 185 cm³/mol. The van der Waals surface area contributed by atoms with Crippen LogP contribution in [0.25, 0.3) is 0 Å². The van der Waals surface area contributed by atoms with Crippen LogP contribution in [0.2, 0.25) is 0 Å². The maximum atomic E-state index is 13.1. The summed E-state index contributed by atoms with van der Waals surface area (Å²) in [7, 11) is 3.11. The molecule has 1 aliphatic rings. The zero-order valence-electron chi connectivity index (χ0n) is 28.8. The molecular weight excluding hydrogens is 683 g/mol. The minimum absolute atomic E-state index is 0.0626. The third-order valence-corrected chi connectivity index (χ3v) is 9.48. The molecule has 1 saturated heterocycles. The molecule has 14 heteroatoms. The standard InChI is InChI=1S/C38H42F3N3O8/c1-50-28-17-13-26(14-18-28)37(25-11-7-5-8-12-25,27-15-19-29(51-2)20-16-27)33(46)32-30(45)22-31(52-32)44-23-24(34(47)43-36(44)49)10-6-3-4-9-21-42-35(48)38(39,40)41/h5,7-8,11-20,23,30-33,45-46H,3-4,6,9-10,21-22H2,1-2H3,(H,42,48)(H,43,47,49)/t30-,31+,32-,33?/m0/s1. The van der Waals surface area contributed by atoms with Crippen molar-refractivity contribution < 1.29 is 42.4 Å². The minimum Gasteiger partial charge on any atom is -0.497 e. The molecule has 4 N–H and O–H groups in total. The number of hydrogen-bond donors (Lipinski definition) is 4. The van der Waals surface area contributed by atoms with Crippen molar-refractivity contribution in [2.24, 2.45) is 0 Å². The number of halogens is 3. The van der Waals surface area contributed by atoms with Crippen molar-refractivity contribution in [2.75, 3.05) is 20.8 Å². The molecule has 2 heterocycles. The van der Waals surface area contributed by atoms with E-state index < -0.39 is 53.3 Å². The highest BCUT2D eigenvalue weighted by Gasteiger charge is 2.52. The van der Waals surface area contributed by atoms with E-state index in [0.717, 1.165) is 0 Å². The van der Waals surface area contributed by atoms with Gasteiger partial charge in [-0.2, -0.15) is 13.2 Å². The average Bonchev–Trinajstić information content (AvgIpc) is 3.53. The van der Waals surface area contributed by atoms with Gasteiger partial charge >= 0.3 is 17.8 Å². The molecule has 1 amide bonds. The van der Waals surface area contributed by atoms with Gasteiger partial charge in [0, 0.05) is 24.7 Å². The smallest absolute Gasteiger partial charge is 0.471 e. The van der Waals surface area contributed by atoms with Crippen LogP contribution in [0.15, 0.2) is 94.6 Å². The first kappa shape index (κ1) is 38.3. The number of nitrogens with zero attached hydrogens (tertiary/aromatic N) is 1. The van der Waals surface area contributed by atoms with Crippen LogP contribution in [0.1, 0.15) is 60.6 Å². The van der Waals surface area contributed by atoms with Crippen molar-refractivity contribution >= 4 is 5.91 Å². The van der Waals surface area contributed by atoms with Crippen LogP contribution in [-0.2, 0) is 21.4 Å². The molecule has 1 aliphatic heterocycles. The number of aromatic amines is 1. The zero-order chi connectivity index (χ0) is 37.5. The molecule has 52 heavy (non-hydrogen) atoms. The Balaban J connectivity index is 1.40. The lowest BCUT2D eigenvalue weighted by atomic mass is 9.64. The maximum Gasteiger partial charge on any atom is 0.471 e. The number of H-pyrrole nitrogens is 1. The Morgan fingerprint density at radius 1 is 0.904 bits per heavy atom. The third-order valence-electron chi connectivity index (χ3n) is 9.48. The molecule has 5 rings (SSSR count). The van der Waals surface area contributed by atoms with Gasteiger partial charge < -0.3 is 29.7 Å². The van der Waals surface area contributed by atoms with E-state index in [1.165, 1.54) is 10.8 Å². The normalized spacial score (nSPS) is 18.2. The summed E-state index contributed by atoms with van der Waals surface area (Å²) in [6, 6.07) is 23.8. The fourth-order valence-corrected chi connectivity index (χ4v) is 6.82. The van der Waals surface area contributed by atoms with E-state index in [2.05, 4.69) is 4.98 Å². The van der Waals surface area contributed by atoms with Crippen molar-refractivity contribution in [2.45, 2.75) is 74.7 Å². The first-order chi connectivity index (χ1) is 24.9. The predicted octanol–water partition coefficient (Wildman–Crippen LogP) is 4.38. The number of carbonyl (C=O) groups excluding carboxylic acids is 1. The summed E-state index contributed by atoms with van der Waals surface area (Å²) in [6.45, 7) is -0.124. The minimum atomic E-state index is -4.93. The van der Waals surface area contributed by atoms with Gasteiger partial charge in [-0.3, -0.25) is 19.1 Å². The van der Waals surface area contributed by atoms with Crippen LogP contribution in [0.3, 0.4) is 0 Å². The van der Waals surface area contributed by atoms with Crippen molar-refractivity contribution in [3.05, 3.63) is 128 Å². The van der Waals surface area contributed by atoms with Crippen molar-refractivity contribution in [3.63, 3.8) is 0 Å². The van der Waals surface area contributed by atoms with Crippen LogP contribution in [0, 0.1) is 0 Å². The molecule has 0 saturated carbocycles. The molecule has 1 aromatic heterocycles. The van der Waals surface area contributed by atoms with Crippen LogP contribution in [0.5, 0.6) is 11.5 Å². The summed E-state index contributed by atoms with van der Waals surface area (Å²) in [5.41, 5.74) is -0.274. The second kappa shape index (κ2) is 16.6. The Hall–Kier alpha value is -4.92. The van der Waals surface area contributed by atoms with Crippen LogP contribution in [0.4, 0.5) is 13.2 Å². The van der Waals surface area contributed by atoms with E-state index in [-0.39, 0.29) is 24.9 Å². The van der Waals surface area contributed by atoms with Gasteiger partial charge in [-0.05, 0) is 60.2 Å². The van der Waals surface area contributed by atoms with Crippen LogP contribution < -0.4 is 26.0 Å². The van der Waals surface area contributed by atoms with Gasteiger partial charge in [-0.15, -0.1) is 0 Å². The number of hydrogen-bond acceptors (Lipinski definition) is 8. The van der Waals surface area contributed by atoms with Crippen molar-refractivity contribution in [3.8, 4) is 11.5 Å². The van der Waals surface area contributed by atoms with E-state index >= 15 is 0 Å². The molecule has 0 bridgehead atoms. The van der Waals surface area contributed by atoms with Gasteiger partial charge in [-0.25, -0.2) is 4.79 Å². The third kappa shape index (κ3) is 8.24. The number of alkyl halides is 3. The Bertz CT molecular complexity index is 1850. The summed E-state index contributed by atoms with van der Waals surface area (Å²) in [5.74, 6) is -0.771. The van der Waals surface area contributed by atoms with Crippen molar-refractivity contribution in [1.82, 2.24) is 14.9 Å². The Morgan fingerprint density at radius 2 is 1.46 bits per heavy atom. The molecular formula is C38H42F3N3O8. The largest absolute Gasteiger partial charge is 0.497 e. The van der Waals surface area contributed by atoms with E-state index in [1.54, 1.807) is 38.5 Å². The first-order valence-corrected chi connectivity index (χ1v) is 17.0. The molecule has 1 fully saturated rings. The van der Waals surface area contributed by atoms with E-state index in [4.69, 9.17) is 14.2 Å². The summed E-state index contributed by atoms with van der Waals surface area (Å²) in [6.07, 6.45) is -6.32. The quantitative estimate of drug-likeness (QED) is 0.104. The zero-order valence-corrected chi connectivity index (χ0v) is 28.8. The Morgan fingerprint density at radius 3 is 2.02 bits per heavy atom. The molecule has 4 atom stereocenters. The second-order valence-corrected chi connectivity index (χ2v) is 12.7. The van der Waals surface area contributed by atoms with Crippen LogP contribution in [-0.4, -0.2) is 70.9 Å². The lowest BCUT2D eigenvalue weighted by molar-refractivity contribution is -0.173. The molecule has 11 nitrogen and oxygen atoms in total. The molecule has 1 unspecified atom stereocenters. The monoisotopic (exact) mass is 725 g/mol. The topological polar surface area (TPSA) is 152 Å². The number of nitrogens with one attached hydrogen (secondary N) is 2. The number of aliphatic hydroxyl groups excluding tert-OH is 2. The number of ether oxygens (including phenoxy) is 3. The van der Waals surface area contributed by atoms with Gasteiger partial charge in [0.05, 0.1) is 25.7 Å². The van der Waals surface area contributed by atoms with Gasteiger partial charge in [0.1, 0.15) is 29.9 Å². The first-order valence-electron chi connectivity index (χ1n) is 17.0. The van der Waals surface area contributed by atoms with E-state index in [9.17, 15) is 37.8 Å². The fourth-order valence-electron chi connectivity index (χ4n) is 6.82. The lowest BCUT2D eigenvalue weighted by Crippen LogP contribution is -2.51. The summed E-state index contributed by atoms with van der Waals surface area (Å²) in [5, 5.41) is 25.9. The number of unbranched alkanes of at least 4 members (excludes halogenated alkanes) is 3. The SMILES string of the molecule is COc1ccc(C(c2ccccc2)(c2ccc(OC)cc2)C(O)[C@H]2O[C@@H](n3cc(CCCCCCNC(=O)C(F)(F)F)c(=O)[nH]c3=O)C[C@@H]2O)cc1. The molecule has 3 aromatic carbocycles. The number of methoxy groups -OCH3 is 2. The lowest BCUT2D eigenvalue weighted by Gasteiger charge is -2.43. The van der Waals surface area contributed by atoms with Crippen LogP contribution >= 0.6 is 0 Å². The highest BCUT2D eigenvalue weighted by atomic mass is 19.4. The van der Waals surface area contributed by atoms with Gasteiger partial charge in [-0.1, -0.05) is 67.4 Å². The molecule has 0 radical (unpaired) electrons. The number of aromatic nitrogens is 2. The highest BCUT2D eigenvalue weighted by molar-refractivity contribution is 5.81. The highest BCUT2D eigenvalue weighted by Crippen LogP contribution is 2.47. The summed E-state index contributed by atoms with van der Waals surface area (Å²) >= 11 is 0. The van der Waals surface area contributed by atoms with Crippen molar-refractivity contribution in [1.29, 1.82) is 0 Å². The molecule has 0 aliphatic carbocycles. The number of aliphatic hydroxyl groups is 2. The number of aryl methyl sites for hydroxylation is 1.